The van der Waals surface area contributed by atoms with Crippen molar-refractivity contribution in [3.05, 3.63) is 24.2 Å². The van der Waals surface area contributed by atoms with Crippen molar-refractivity contribution in [3.8, 4) is 0 Å². The van der Waals surface area contributed by atoms with Gasteiger partial charge < -0.3 is 14.6 Å². The van der Waals surface area contributed by atoms with Crippen LogP contribution in [0.25, 0.3) is 0 Å². The highest BCUT2D eigenvalue weighted by Crippen LogP contribution is 2.18. The third-order valence-electron chi connectivity index (χ3n) is 4.11. The summed E-state index contributed by atoms with van der Waals surface area (Å²) < 4.78 is 5.35. The number of amides is 2. The van der Waals surface area contributed by atoms with E-state index in [1.54, 1.807) is 6.26 Å². The fourth-order valence-corrected chi connectivity index (χ4v) is 2.60. The number of furan rings is 1. The van der Waals surface area contributed by atoms with Gasteiger partial charge in [0.1, 0.15) is 5.76 Å². The van der Waals surface area contributed by atoms with Crippen LogP contribution in [-0.2, 0) is 9.59 Å². The number of likely N-dealkylation sites (N-methyl/N-ethyl adjacent to an activating group) is 1. The van der Waals surface area contributed by atoms with E-state index < -0.39 is 0 Å². The third-order valence-corrected chi connectivity index (χ3v) is 4.11. The molecule has 1 unspecified atom stereocenters. The number of hydrogen-bond donors (Lipinski definition) is 1. The van der Waals surface area contributed by atoms with Gasteiger partial charge in [-0.1, -0.05) is 0 Å². The van der Waals surface area contributed by atoms with Gasteiger partial charge in [0.05, 0.1) is 18.8 Å². The minimum Gasteiger partial charge on any atom is -0.468 e. The Kier molecular flexibility index (Phi) is 6.00. The maximum absolute atomic E-state index is 11.9. The lowest BCUT2D eigenvalue weighted by molar-refractivity contribution is -0.127. The van der Waals surface area contributed by atoms with Crippen molar-refractivity contribution in [3.63, 3.8) is 0 Å². The molecule has 0 bridgehead atoms. The van der Waals surface area contributed by atoms with Crippen LogP contribution in [0.2, 0.25) is 0 Å². The zero-order valence-corrected chi connectivity index (χ0v) is 13.4. The van der Waals surface area contributed by atoms with Gasteiger partial charge in [0, 0.05) is 26.1 Å². The van der Waals surface area contributed by atoms with Gasteiger partial charge in [-0.2, -0.15) is 0 Å². The molecule has 2 heterocycles. The normalized spacial score (nSPS) is 16.3. The predicted molar refractivity (Wildman–Crippen MR) is 83.2 cm³/mol. The quantitative estimate of drug-likeness (QED) is 0.737. The summed E-state index contributed by atoms with van der Waals surface area (Å²) in [6, 6.07) is 3.81. The zero-order valence-electron chi connectivity index (χ0n) is 13.4. The minimum absolute atomic E-state index is 0.00588. The summed E-state index contributed by atoms with van der Waals surface area (Å²) in [4.78, 5) is 27.2. The molecule has 0 aromatic carbocycles. The van der Waals surface area contributed by atoms with Gasteiger partial charge in [-0.25, -0.2) is 0 Å². The molecule has 6 heteroatoms. The topological polar surface area (TPSA) is 65.8 Å². The van der Waals surface area contributed by atoms with Crippen molar-refractivity contribution in [1.82, 2.24) is 15.1 Å². The monoisotopic (exact) mass is 307 g/mol. The molecule has 1 fully saturated rings. The van der Waals surface area contributed by atoms with Crippen LogP contribution in [-0.4, -0.2) is 54.8 Å². The lowest BCUT2D eigenvalue weighted by Crippen LogP contribution is -2.37. The number of rotatable bonds is 8. The number of nitrogens with zero attached hydrogens (tertiary/aromatic N) is 2. The highest BCUT2D eigenvalue weighted by atomic mass is 16.3. The molecule has 0 spiro atoms. The van der Waals surface area contributed by atoms with Crippen LogP contribution in [0.1, 0.15) is 38.0 Å². The Bertz CT molecular complexity index is 487. The fourth-order valence-electron chi connectivity index (χ4n) is 2.60. The van der Waals surface area contributed by atoms with Gasteiger partial charge in [0.2, 0.25) is 11.8 Å². The number of likely N-dealkylation sites (tertiary alicyclic amines) is 1. The highest BCUT2D eigenvalue weighted by Gasteiger charge is 2.19. The first-order valence-electron chi connectivity index (χ1n) is 7.86. The second kappa shape index (κ2) is 7.98. The van der Waals surface area contributed by atoms with E-state index in [0.717, 1.165) is 31.7 Å². The Morgan fingerprint density at radius 2 is 2.36 bits per heavy atom. The van der Waals surface area contributed by atoms with Crippen LogP contribution in [0, 0.1) is 0 Å². The molecule has 0 saturated carbocycles. The molecule has 1 N–H and O–H groups in total. The van der Waals surface area contributed by atoms with Gasteiger partial charge >= 0.3 is 0 Å². The summed E-state index contributed by atoms with van der Waals surface area (Å²) in [5.74, 6) is 1.08. The van der Waals surface area contributed by atoms with Crippen molar-refractivity contribution in [2.24, 2.45) is 0 Å². The Morgan fingerprint density at radius 3 is 3.00 bits per heavy atom. The first-order valence-corrected chi connectivity index (χ1v) is 7.86. The first-order chi connectivity index (χ1) is 10.6. The van der Waals surface area contributed by atoms with E-state index in [9.17, 15) is 9.59 Å². The predicted octanol–water partition coefficient (Wildman–Crippen LogP) is 1.40. The van der Waals surface area contributed by atoms with E-state index in [1.807, 2.05) is 35.9 Å². The average molecular weight is 307 g/mol. The number of carbonyl (C=O) groups is 2. The molecule has 1 atom stereocenters. The Balaban J connectivity index is 1.62. The van der Waals surface area contributed by atoms with Crippen molar-refractivity contribution >= 4 is 11.8 Å². The van der Waals surface area contributed by atoms with E-state index in [4.69, 9.17) is 4.42 Å². The van der Waals surface area contributed by atoms with Crippen LogP contribution in [0.15, 0.2) is 22.8 Å². The zero-order chi connectivity index (χ0) is 15.9. The van der Waals surface area contributed by atoms with E-state index >= 15 is 0 Å². The Labute approximate surface area is 131 Å². The summed E-state index contributed by atoms with van der Waals surface area (Å²) in [6.45, 7) is 4.52. The van der Waals surface area contributed by atoms with Gasteiger partial charge in [0.15, 0.2) is 0 Å². The number of nitrogens with one attached hydrogen (secondary N) is 1. The smallest absolute Gasteiger partial charge is 0.234 e. The van der Waals surface area contributed by atoms with E-state index in [2.05, 4.69) is 5.32 Å². The molecule has 0 radical (unpaired) electrons. The van der Waals surface area contributed by atoms with Crippen molar-refractivity contribution < 1.29 is 14.0 Å². The molecular formula is C16H25N3O3. The maximum atomic E-state index is 11.9. The standard InChI is InChI=1S/C16H25N3O3/c1-13(14-6-4-11-22-14)18(2)12-15(20)17-8-5-10-19-9-3-7-16(19)21/h4,6,11,13H,3,5,7-10,12H2,1-2H3,(H,17,20). The second-order valence-corrected chi connectivity index (χ2v) is 5.79. The van der Waals surface area contributed by atoms with Crippen LogP contribution < -0.4 is 5.32 Å². The molecule has 1 aromatic heterocycles. The maximum Gasteiger partial charge on any atom is 0.234 e. The van der Waals surface area contributed by atoms with Crippen LogP contribution in [0.5, 0.6) is 0 Å². The molecule has 0 aliphatic carbocycles. The van der Waals surface area contributed by atoms with Crippen LogP contribution >= 0.6 is 0 Å². The fraction of sp³-hybridized carbons (Fsp3) is 0.625. The Hall–Kier alpha value is -1.82. The number of hydrogen-bond acceptors (Lipinski definition) is 4. The van der Waals surface area contributed by atoms with Gasteiger partial charge in [-0.15, -0.1) is 0 Å². The van der Waals surface area contributed by atoms with Gasteiger partial charge in [0.25, 0.3) is 0 Å². The van der Waals surface area contributed by atoms with E-state index in [0.29, 0.717) is 19.5 Å². The van der Waals surface area contributed by atoms with Crippen molar-refractivity contribution in [1.29, 1.82) is 0 Å². The summed E-state index contributed by atoms with van der Waals surface area (Å²) in [6.07, 6.45) is 4.07. The summed E-state index contributed by atoms with van der Waals surface area (Å²) in [5, 5.41) is 2.90. The first kappa shape index (κ1) is 16.5. The molecule has 6 nitrogen and oxygen atoms in total. The summed E-state index contributed by atoms with van der Waals surface area (Å²) in [7, 11) is 1.90. The molecule has 122 valence electrons. The molecule has 2 amide bonds. The lowest BCUT2D eigenvalue weighted by Gasteiger charge is -2.22. The number of carbonyl (C=O) groups excluding carboxylic acids is 2. The van der Waals surface area contributed by atoms with E-state index in [1.165, 1.54) is 0 Å². The molecule has 1 aliphatic heterocycles. The molecule has 1 aliphatic rings. The SMILES string of the molecule is CC(c1ccco1)N(C)CC(=O)NCCCN1CCCC1=O. The third kappa shape index (κ3) is 4.59. The van der Waals surface area contributed by atoms with Crippen molar-refractivity contribution in [2.45, 2.75) is 32.2 Å². The summed E-state index contributed by atoms with van der Waals surface area (Å²) in [5.41, 5.74) is 0. The minimum atomic E-state index is -0.00588. The van der Waals surface area contributed by atoms with Crippen LogP contribution in [0.3, 0.4) is 0 Å². The Morgan fingerprint density at radius 1 is 1.55 bits per heavy atom. The van der Waals surface area contributed by atoms with E-state index in [-0.39, 0.29) is 17.9 Å². The molecule has 1 saturated heterocycles. The molecule has 2 rings (SSSR count). The average Bonchev–Trinajstić information content (AvgIpc) is 3.14. The largest absolute Gasteiger partial charge is 0.468 e. The van der Waals surface area contributed by atoms with Crippen LogP contribution in [0.4, 0.5) is 0 Å². The molecule has 1 aromatic rings. The second-order valence-electron chi connectivity index (χ2n) is 5.79. The van der Waals surface area contributed by atoms with Gasteiger partial charge in [-0.3, -0.25) is 14.5 Å². The summed E-state index contributed by atoms with van der Waals surface area (Å²) >= 11 is 0. The lowest BCUT2D eigenvalue weighted by atomic mass is 10.2. The highest BCUT2D eigenvalue weighted by molar-refractivity contribution is 5.78. The van der Waals surface area contributed by atoms with Gasteiger partial charge in [-0.05, 0) is 38.9 Å². The molecule has 22 heavy (non-hydrogen) atoms. The molecular weight excluding hydrogens is 282 g/mol. The van der Waals surface area contributed by atoms with Crippen molar-refractivity contribution in [2.75, 3.05) is 33.2 Å².